The van der Waals surface area contributed by atoms with Crippen molar-refractivity contribution in [2.75, 3.05) is 57.8 Å². The Hall–Kier alpha value is -2.67. The van der Waals surface area contributed by atoms with Crippen LogP contribution in [0.4, 0.5) is 5.95 Å². The molecule has 1 N–H and O–H groups in total. The third kappa shape index (κ3) is 6.42. The van der Waals surface area contributed by atoms with Crippen LogP contribution in [0.2, 0.25) is 0 Å². The Bertz CT molecular complexity index is 768. The highest BCUT2D eigenvalue weighted by Crippen LogP contribution is 2.10. The third-order valence-corrected chi connectivity index (χ3v) is 5.43. The number of rotatable bonds is 8. The number of hydrogen-bond acceptors (Lipinski definition) is 5. The summed E-state index contributed by atoms with van der Waals surface area (Å²) >= 11 is 0. The second-order valence-electron chi connectivity index (χ2n) is 7.64. The lowest BCUT2D eigenvalue weighted by Crippen LogP contribution is -2.47. The Morgan fingerprint density at radius 3 is 2.33 bits per heavy atom. The van der Waals surface area contributed by atoms with Crippen LogP contribution < -0.4 is 10.2 Å². The van der Waals surface area contributed by atoms with Gasteiger partial charge in [-0.3, -0.25) is 9.89 Å². The zero-order valence-electron chi connectivity index (χ0n) is 18.6. The Morgan fingerprint density at radius 2 is 1.70 bits per heavy atom. The topological polar surface area (TPSA) is 59.9 Å². The summed E-state index contributed by atoms with van der Waals surface area (Å²) in [4.78, 5) is 20.5. The second-order valence-corrected chi connectivity index (χ2v) is 7.64. The van der Waals surface area contributed by atoms with Gasteiger partial charge in [0.15, 0.2) is 5.96 Å². The summed E-state index contributed by atoms with van der Waals surface area (Å²) in [7, 11) is 2.11. The predicted octanol–water partition coefficient (Wildman–Crippen LogP) is 2.26. The molecule has 162 valence electrons. The number of aryl methyl sites for hydroxylation is 1. The summed E-state index contributed by atoms with van der Waals surface area (Å²) < 4.78 is 0. The molecule has 1 saturated heterocycles. The molecule has 1 aromatic heterocycles. The van der Waals surface area contributed by atoms with Crippen molar-refractivity contribution in [3.8, 4) is 0 Å². The molecule has 0 amide bonds. The highest BCUT2D eigenvalue weighted by atomic mass is 15.3. The molecule has 1 aliphatic rings. The van der Waals surface area contributed by atoms with Gasteiger partial charge in [0.05, 0.1) is 6.54 Å². The Labute approximate surface area is 180 Å². The van der Waals surface area contributed by atoms with Crippen LogP contribution in [0.1, 0.15) is 25.0 Å². The number of nitrogens with zero attached hydrogens (tertiary/aromatic N) is 6. The molecule has 3 rings (SSSR count). The normalized spacial score (nSPS) is 15.3. The molecule has 2 aromatic rings. The molecule has 0 bridgehead atoms. The van der Waals surface area contributed by atoms with E-state index in [1.54, 1.807) is 12.4 Å². The first-order valence-corrected chi connectivity index (χ1v) is 11.0. The van der Waals surface area contributed by atoms with Crippen LogP contribution in [-0.4, -0.2) is 78.6 Å². The van der Waals surface area contributed by atoms with Crippen molar-refractivity contribution in [3.05, 3.63) is 53.9 Å². The van der Waals surface area contributed by atoms with E-state index in [-0.39, 0.29) is 0 Å². The molecular formula is C23H35N7. The van der Waals surface area contributed by atoms with E-state index in [0.717, 1.165) is 70.7 Å². The first kappa shape index (κ1) is 22.0. The van der Waals surface area contributed by atoms with Gasteiger partial charge >= 0.3 is 0 Å². The lowest BCUT2D eigenvalue weighted by Gasteiger charge is -2.34. The molecular weight excluding hydrogens is 374 g/mol. The molecule has 1 aromatic carbocycles. The van der Waals surface area contributed by atoms with Gasteiger partial charge in [0.2, 0.25) is 5.95 Å². The average Bonchev–Trinajstić information content (AvgIpc) is 2.80. The predicted molar refractivity (Wildman–Crippen MR) is 124 cm³/mol. The monoisotopic (exact) mass is 409 g/mol. The van der Waals surface area contributed by atoms with Crippen molar-refractivity contribution in [2.24, 2.45) is 4.99 Å². The summed E-state index contributed by atoms with van der Waals surface area (Å²) in [6, 6.07) is 10.7. The van der Waals surface area contributed by atoms with E-state index in [0.29, 0.717) is 0 Å². The van der Waals surface area contributed by atoms with E-state index in [2.05, 4.69) is 75.1 Å². The van der Waals surface area contributed by atoms with Crippen LogP contribution in [0.25, 0.3) is 0 Å². The van der Waals surface area contributed by atoms with Gasteiger partial charge in [-0.25, -0.2) is 9.97 Å². The molecule has 0 spiro atoms. The van der Waals surface area contributed by atoms with Gasteiger partial charge in [0, 0.05) is 65.3 Å². The number of aromatic nitrogens is 2. The highest BCUT2D eigenvalue weighted by Gasteiger charge is 2.18. The lowest BCUT2D eigenvalue weighted by molar-refractivity contribution is 0.263. The van der Waals surface area contributed by atoms with E-state index < -0.39 is 0 Å². The van der Waals surface area contributed by atoms with Crippen LogP contribution in [-0.2, 0) is 13.0 Å². The second kappa shape index (κ2) is 11.5. The third-order valence-electron chi connectivity index (χ3n) is 5.43. The highest BCUT2D eigenvalue weighted by molar-refractivity contribution is 5.79. The molecule has 7 heteroatoms. The number of aliphatic imine (C=N–C) groups is 1. The summed E-state index contributed by atoms with van der Waals surface area (Å²) in [5, 5.41) is 3.42. The van der Waals surface area contributed by atoms with E-state index >= 15 is 0 Å². The van der Waals surface area contributed by atoms with E-state index in [1.807, 2.05) is 6.07 Å². The van der Waals surface area contributed by atoms with Crippen molar-refractivity contribution in [2.45, 2.75) is 26.8 Å². The quantitative estimate of drug-likeness (QED) is 0.533. The molecule has 0 aliphatic carbocycles. The molecule has 0 atom stereocenters. The summed E-state index contributed by atoms with van der Waals surface area (Å²) in [5.41, 5.74) is 2.68. The van der Waals surface area contributed by atoms with Crippen molar-refractivity contribution in [1.29, 1.82) is 0 Å². The number of benzene rings is 1. The first-order valence-electron chi connectivity index (χ1n) is 11.0. The Kier molecular flexibility index (Phi) is 8.44. The van der Waals surface area contributed by atoms with Crippen molar-refractivity contribution >= 4 is 11.9 Å². The summed E-state index contributed by atoms with van der Waals surface area (Å²) in [6.45, 7) is 11.7. The van der Waals surface area contributed by atoms with Gasteiger partial charge in [-0.05, 0) is 30.5 Å². The maximum absolute atomic E-state index is 4.87. The summed E-state index contributed by atoms with van der Waals surface area (Å²) in [5.74, 6) is 1.80. The van der Waals surface area contributed by atoms with Crippen molar-refractivity contribution < 1.29 is 0 Å². The van der Waals surface area contributed by atoms with Crippen molar-refractivity contribution in [3.63, 3.8) is 0 Å². The standard InChI is InChI=1S/C23H35N7/c1-4-20-7-9-21(10-8-20)19-28(3)22(24-5-2)27-13-14-29-15-17-30(18-16-29)23-25-11-6-12-26-23/h6-12H,4-5,13-19H2,1-3H3,(H,24,27). The molecule has 0 radical (unpaired) electrons. The minimum atomic E-state index is 0.795. The Balaban J connectivity index is 1.47. The van der Waals surface area contributed by atoms with Gasteiger partial charge in [0.25, 0.3) is 0 Å². The number of piperazine rings is 1. The Morgan fingerprint density at radius 1 is 1.03 bits per heavy atom. The van der Waals surface area contributed by atoms with Gasteiger partial charge < -0.3 is 15.1 Å². The molecule has 1 aliphatic heterocycles. The number of guanidine groups is 1. The van der Waals surface area contributed by atoms with Crippen LogP contribution in [0, 0.1) is 0 Å². The largest absolute Gasteiger partial charge is 0.357 e. The van der Waals surface area contributed by atoms with Gasteiger partial charge in [0.1, 0.15) is 0 Å². The SMILES string of the molecule is CCNC(=NCCN1CCN(c2ncccn2)CC1)N(C)Cc1ccc(CC)cc1. The van der Waals surface area contributed by atoms with Gasteiger partial charge in [-0.2, -0.15) is 0 Å². The molecule has 1 fully saturated rings. The fourth-order valence-corrected chi connectivity index (χ4v) is 3.62. The molecule has 30 heavy (non-hydrogen) atoms. The smallest absolute Gasteiger partial charge is 0.225 e. The summed E-state index contributed by atoms with van der Waals surface area (Å²) in [6.07, 6.45) is 4.69. The lowest BCUT2D eigenvalue weighted by atomic mass is 10.1. The van der Waals surface area contributed by atoms with Gasteiger partial charge in [-0.15, -0.1) is 0 Å². The molecule has 0 unspecified atom stereocenters. The van der Waals surface area contributed by atoms with E-state index in [1.165, 1.54) is 11.1 Å². The van der Waals surface area contributed by atoms with Crippen LogP contribution >= 0.6 is 0 Å². The zero-order chi connectivity index (χ0) is 21.2. The molecule has 0 saturated carbocycles. The molecule has 2 heterocycles. The van der Waals surface area contributed by atoms with Crippen LogP contribution in [0.5, 0.6) is 0 Å². The average molecular weight is 410 g/mol. The number of nitrogens with one attached hydrogen (secondary N) is 1. The van der Waals surface area contributed by atoms with Crippen LogP contribution in [0.3, 0.4) is 0 Å². The number of hydrogen-bond donors (Lipinski definition) is 1. The minimum absolute atomic E-state index is 0.795. The molecule has 7 nitrogen and oxygen atoms in total. The maximum atomic E-state index is 4.87. The minimum Gasteiger partial charge on any atom is -0.357 e. The first-order chi connectivity index (χ1) is 14.7. The van der Waals surface area contributed by atoms with Crippen LogP contribution in [0.15, 0.2) is 47.7 Å². The van der Waals surface area contributed by atoms with Crippen molar-refractivity contribution in [1.82, 2.24) is 25.1 Å². The fourth-order valence-electron chi connectivity index (χ4n) is 3.62. The van der Waals surface area contributed by atoms with E-state index in [9.17, 15) is 0 Å². The fraction of sp³-hybridized carbons (Fsp3) is 0.522. The van der Waals surface area contributed by atoms with Gasteiger partial charge in [-0.1, -0.05) is 31.2 Å². The number of anilines is 1. The zero-order valence-corrected chi connectivity index (χ0v) is 18.6. The van der Waals surface area contributed by atoms with E-state index in [4.69, 9.17) is 4.99 Å². The maximum Gasteiger partial charge on any atom is 0.225 e.